The molecule has 0 unspecified atom stereocenters. The Morgan fingerprint density at radius 2 is 1.60 bits per heavy atom. The molecular formula is C17H14FNO. The molecule has 3 aromatic rings. The molecule has 0 bridgehead atoms. The molecule has 0 aliphatic rings. The van der Waals surface area contributed by atoms with Gasteiger partial charge in [-0.05, 0) is 23.1 Å². The second-order valence-electron chi connectivity index (χ2n) is 4.75. The van der Waals surface area contributed by atoms with Crippen LogP contribution in [0.15, 0.2) is 60.7 Å². The molecule has 0 radical (unpaired) electrons. The number of aromatic hydroxyl groups is 1. The number of benzene rings is 3. The molecule has 0 aromatic heterocycles. The van der Waals surface area contributed by atoms with Gasteiger partial charge in [0, 0.05) is 10.9 Å². The Morgan fingerprint density at radius 3 is 2.35 bits per heavy atom. The molecular weight excluding hydrogens is 253 g/mol. The summed E-state index contributed by atoms with van der Waals surface area (Å²) in [5.74, 6) is -0.122. The number of fused-ring (bicyclic) bond motifs is 1. The monoisotopic (exact) mass is 267 g/mol. The molecule has 0 fully saturated rings. The normalized spacial score (nSPS) is 12.5. The van der Waals surface area contributed by atoms with Crippen molar-refractivity contribution in [3.8, 4) is 5.75 Å². The lowest BCUT2D eigenvalue weighted by atomic mass is 9.96. The molecule has 100 valence electrons. The highest BCUT2D eigenvalue weighted by atomic mass is 19.1. The van der Waals surface area contributed by atoms with Gasteiger partial charge in [0.15, 0.2) is 0 Å². The Hall–Kier alpha value is -2.39. The van der Waals surface area contributed by atoms with Crippen molar-refractivity contribution in [1.82, 2.24) is 0 Å². The minimum absolute atomic E-state index is 0.180. The molecule has 3 rings (SSSR count). The third-order valence-corrected chi connectivity index (χ3v) is 3.50. The van der Waals surface area contributed by atoms with Crippen LogP contribution in [0.2, 0.25) is 0 Å². The maximum Gasteiger partial charge on any atom is 0.128 e. The van der Waals surface area contributed by atoms with Crippen molar-refractivity contribution in [2.45, 2.75) is 6.04 Å². The minimum Gasteiger partial charge on any atom is -0.507 e. The van der Waals surface area contributed by atoms with Crippen LogP contribution in [0, 0.1) is 5.82 Å². The van der Waals surface area contributed by atoms with Crippen molar-refractivity contribution in [3.05, 3.63) is 77.6 Å². The zero-order chi connectivity index (χ0) is 14.1. The van der Waals surface area contributed by atoms with Crippen molar-refractivity contribution >= 4 is 10.8 Å². The molecule has 3 aromatic carbocycles. The molecule has 2 nitrogen and oxygen atoms in total. The van der Waals surface area contributed by atoms with Gasteiger partial charge in [0.25, 0.3) is 0 Å². The summed E-state index contributed by atoms with van der Waals surface area (Å²) in [6.07, 6.45) is 0. The number of hydrogen-bond acceptors (Lipinski definition) is 2. The van der Waals surface area contributed by atoms with Gasteiger partial charge in [-0.2, -0.15) is 0 Å². The van der Waals surface area contributed by atoms with Crippen LogP contribution in [0.25, 0.3) is 10.8 Å². The van der Waals surface area contributed by atoms with Crippen molar-refractivity contribution in [2.24, 2.45) is 5.73 Å². The van der Waals surface area contributed by atoms with Crippen LogP contribution in [-0.4, -0.2) is 5.11 Å². The van der Waals surface area contributed by atoms with Gasteiger partial charge in [-0.1, -0.05) is 48.5 Å². The fraction of sp³-hybridized carbons (Fsp3) is 0.0588. The SMILES string of the molecule is N[C@@H](c1ccc(F)cc1)c1ccc2ccccc2c1O. The number of phenolic OH excluding ortho intramolecular Hbond substituents is 1. The summed E-state index contributed by atoms with van der Waals surface area (Å²) in [4.78, 5) is 0. The molecule has 3 heteroatoms. The molecule has 0 amide bonds. The first-order valence-electron chi connectivity index (χ1n) is 6.38. The Balaban J connectivity index is 2.09. The van der Waals surface area contributed by atoms with Crippen molar-refractivity contribution in [1.29, 1.82) is 0 Å². The number of phenols is 1. The highest BCUT2D eigenvalue weighted by Crippen LogP contribution is 2.34. The van der Waals surface area contributed by atoms with Crippen molar-refractivity contribution < 1.29 is 9.50 Å². The smallest absolute Gasteiger partial charge is 0.128 e. The van der Waals surface area contributed by atoms with Crippen LogP contribution in [0.4, 0.5) is 4.39 Å². The lowest BCUT2D eigenvalue weighted by Gasteiger charge is -2.15. The predicted molar refractivity (Wildman–Crippen MR) is 78.0 cm³/mol. The molecule has 0 spiro atoms. The van der Waals surface area contributed by atoms with Gasteiger partial charge in [-0.3, -0.25) is 0 Å². The summed E-state index contributed by atoms with van der Waals surface area (Å²) < 4.78 is 12.9. The standard InChI is InChI=1S/C17H14FNO/c18-13-8-5-12(6-9-13)16(19)15-10-7-11-3-1-2-4-14(11)17(15)20/h1-10,16,20H,19H2/t16-/m0/s1. The highest BCUT2D eigenvalue weighted by Gasteiger charge is 2.15. The fourth-order valence-electron chi connectivity index (χ4n) is 2.37. The lowest BCUT2D eigenvalue weighted by Crippen LogP contribution is -2.12. The summed E-state index contributed by atoms with van der Waals surface area (Å²) in [5.41, 5.74) is 7.57. The van der Waals surface area contributed by atoms with E-state index < -0.39 is 6.04 Å². The van der Waals surface area contributed by atoms with Gasteiger partial charge >= 0.3 is 0 Å². The third-order valence-electron chi connectivity index (χ3n) is 3.50. The number of nitrogens with two attached hydrogens (primary N) is 1. The zero-order valence-electron chi connectivity index (χ0n) is 10.8. The van der Waals surface area contributed by atoms with E-state index in [1.807, 2.05) is 36.4 Å². The number of rotatable bonds is 2. The van der Waals surface area contributed by atoms with E-state index >= 15 is 0 Å². The maximum absolute atomic E-state index is 12.9. The van der Waals surface area contributed by atoms with E-state index in [4.69, 9.17) is 5.73 Å². The average molecular weight is 267 g/mol. The van der Waals surface area contributed by atoms with Gasteiger partial charge in [0.05, 0.1) is 6.04 Å². The lowest BCUT2D eigenvalue weighted by molar-refractivity contribution is 0.472. The fourth-order valence-corrected chi connectivity index (χ4v) is 2.37. The molecule has 0 aliphatic heterocycles. The summed E-state index contributed by atoms with van der Waals surface area (Å²) in [6.45, 7) is 0. The van der Waals surface area contributed by atoms with Crippen LogP contribution in [-0.2, 0) is 0 Å². The van der Waals surface area contributed by atoms with Gasteiger partial charge in [-0.15, -0.1) is 0 Å². The van der Waals surface area contributed by atoms with Crippen LogP contribution in [0.1, 0.15) is 17.2 Å². The summed E-state index contributed by atoms with van der Waals surface area (Å²) >= 11 is 0. The van der Waals surface area contributed by atoms with E-state index in [9.17, 15) is 9.50 Å². The topological polar surface area (TPSA) is 46.2 Å². The first kappa shape index (κ1) is 12.6. The van der Waals surface area contributed by atoms with E-state index in [1.165, 1.54) is 12.1 Å². The third kappa shape index (κ3) is 2.12. The van der Waals surface area contributed by atoms with Crippen molar-refractivity contribution in [3.63, 3.8) is 0 Å². The molecule has 0 saturated carbocycles. The van der Waals surface area contributed by atoms with Crippen LogP contribution in [0.3, 0.4) is 0 Å². The average Bonchev–Trinajstić information content (AvgIpc) is 2.48. The number of halogens is 1. The van der Waals surface area contributed by atoms with Crippen molar-refractivity contribution in [2.75, 3.05) is 0 Å². The van der Waals surface area contributed by atoms with Gasteiger partial charge < -0.3 is 10.8 Å². The second-order valence-corrected chi connectivity index (χ2v) is 4.75. The molecule has 1 atom stereocenters. The molecule has 0 aliphatic carbocycles. The highest BCUT2D eigenvalue weighted by molar-refractivity contribution is 5.89. The largest absolute Gasteiger partial charge is 0.507 e. The number of hydrogen-bond donors (Lipinski definition) is 2. The minimum atomic E-state index is -0.486. The zero-order valence-corrected chi connectivity index (χ0v) is 10.8. The molecule has 0 saturated heterocycles. The van der Waals surface area contributed by atoms with E-state index in [1.54, 1.807) is 12.1 Å². The quantitative estimate of drug-likeness (QED) is 0.743. The van der Waals surface area contributed by atoms with E-state index in [0.717, 1.165) is 16.3 Å². The summed E-state index contributed by atoms with van der Waals surface area (Å²) in [6, 6.07) is 16.8. The molecule has 3 N–H and O–H groups in total. The Kier molecular flexibility index (Phi) is 3.12. The first-order chi connectivity index (χ1) is 9.66. The Bertz CT molecular complexity index is 753. The van der Waals surface area contributed by atoms with Crippen LogP contribution >= 0.6 is 0 Å². The van der Waals surface area contributed by atoms with Crippen LogP contribution < -0.4 is 5.73 Å². The van der Waals surface area contributed by atoms with Gasteiger partial charge in [0.1, 0.15) is 11.6 Å². The maximum atomic E-state index is 12.9. The Morgan fingerprint density at radius 1 is 0.900 bits per heavy atom. The molecule has 0 heterocycles. The van der Waals surface area contributed by atoms with Gasteiger partial charge in [-0.25, -0.2) is 4.39 Å². The summed E-state index contributed by atoms with van der Waals surface area (Å²) in [5, 5.41) is 12.1. The van der Waals surface area contributed by atoms with Crippen LogP contribution in [0.5, 0.6) is 5.75 Å². The van der Waals surface area contributed by atoms with E-state index in [-0.39, 0.29) is 11.6 Å². The molecule has 20 heavy (non-hydrogen) atoms. The van der Waals surface area contributed by atoms with E-state index in [2.05, 4.69) is 0 Å². The first-order valence-corrected chi connectivity index (χ1v) is 6.38. The predicted octanol–water partition coefficient (Wildman–Crippen LogP) is 3.73. The van der Waals surface area contributed by atoms with Gasteiger partial charge in [0.2, 0.25) is 0 Å². The summed E-state index contributed by atoms with van der Waals surface area (Å²) in [7, 11) is 0. The van der Waals surface area contributed by atoms with E-state index in [0.29, 0.717) is 5.56 Å². The second kappa shape index (κ2) is 4.94. The Labute approximate surface area is 116 Å².